The Kier molecular flexibility index (Phi) is 2.21. The SMILES string of the molecule is CC(C)Cc1ccc2c(n1)CCO2. The number of nitrogens with zero attached hydrogens (tertiary/aromatic N) is 1. The average Bonchev–Trinajstić information content (AvgIpc) is 2.49. The van der Waals surface area contributed by atoms with E-state index in [0.29, 0.717) is 5.92 Å². The Morgan fingerprint density at radius 2 is 2.31 bits per heavy atom. The van der Waals surface area contributed by atoms with Crippen molar-refractivity contribution in [3.05, 3.63) is 23.5 Å². The van der Waals surface area contributed by atoms with Gasteiger partial charge in [-0.3, -0.25) is 4.98 Å². The molecule has 2 rings (SSSR count). The molecule has 2 heterocycles. The Hall–Kier alpha value is -1.05. The van der Waals surface area contributed by atoms with E-state index in [1.807, 2.05) is 6.07 Å². The molecule has 0 unspecified atom stereocenters. The molecule has 1 aliphatic rings. The fourth-order valence-corrected chi connectivity index (χ4v) is 1.63. The number of hydrogen-bond acceptors (Lipinski definition) is 2. The van der Waals surface area contributed by atoms with Gasteiger partial charge in [-0.05, 0) is 24.5 Å². The minimum Gasteiger partial charge on any atom is -0.491 e. The standard InChI is InChI=1S/C11H15NO/c1-8(2)7-9-3-4-11-10(12-9)5-6-13-11/h3-4,8H,5-7H2,1-2H3. The molecule has 0 bridgehead atoms. The topological polar surface area (TPSA) is 22.1 Å². The van der Waals surface area contributed by atoms with Crippen LogP contribution in [-0.2, 0) is 12.8 Å². The van der Waals surface area contributed by atoms with E-state index in [2.05, 4.69) is 24.9 Å². The van der Waals surface area contributed by atoms with Crippen molar-refractivity contribution in [2.75, 3.05) is 6.61 Å². The lowest BCUT2D eigenvalue weighted by molar-refractivity contribution is 0.356. The van der Waals surface area contributed by atoms with Crippen molar-refractivity contribution in [3.63, 3.8) is 0 Å². The summed E-state index contributed by atoms with van der Waals surface area (Å²) >= 11 is 0. The van der Waals surface area contributed by atoms with Crippen molar-refractivity contribution >= 4 is 0 Å². The lowest BCUT2D eigenvalue weighted by Gasteiger charge is -2.05. The maximum Gasteiger partial charge on any atom is 0.140 e. The molecule has 0 atom stereocenters. The summed E-state index contributed by atoms with van der Waals surface area (Å²) in [5.41, 5.74) is 2.33. The fraction of sp³-hybridized carbons (Fsp3) is 0.545. The summed E-state index contributed by atoms with van der Waals surface area (Å²) in [7, 11) is 0. The summed E-state index contributed by atoms with van der Waals surface area (Å²) in [5.74, 6) is 1.65. The number of aromatic nitrogens is 1. The van der Waals surface area contributed by atoms with E-state index in [0.717, 1.165) is 30.9 Å². The molecule has 0 amide bonds. The summed E-state index contributed by atoms with van der Waals surface area (Å²) in [6.45, 7) is 5.23. The second kappa shape index (κ2) is 3.36. The molecule has 1 aromatic rings. The number of pyridine rings is 1. The normalized spacial score (nSPS) is 14.4. The van der Waals surface area contributed by atoms with E-state index in [1.54, 1.807) is 0 Å². The van der Waals surface area contributed by atoms with Crippen LogP contribution in [0.1, 0.15) is 25.2 Å². The van der Waals surface area contributed by atoms with Gasteiger partial charge < -0.3 is 4.74 Å². The summed E-state index contributed by atoms with van der Waals surface area (Å²) in [6, 6.07) is 4.12. The van der Waals surface area contributed by atoms with Gasteiger partial charge in [0.1, 0.15) is 5.75 Å². The van der Waals surface area contributed by atoms with Crippen LogP contribution < -0.4 is 4.74 Å². The third-order valence-electron chi connectivity index (χ3n) is 2.20. The van der Waals surface area contributed by atoms with Gasteiger partial charge in [0.2, 0.25) is 0 Å². The molecule has 0 saturated carbocycles. The van der Waals surface area contributed by atoms with Crippen molar-refractivity contribution in [1.29, 1.82) is 0 Å². The Morgan fingerprint density at radius 1 is 1.46 bits per heavy atom. The molecule has 0 saturated heterocycles. The predicted molar refractivity (Wildman–Crippen MR) is 52.0 cm³/mol. The number of hydrogen-bond donors (Lipinski definition) is 0. The number of fused-ring (bicyclic) bond motifs is 1. The minimum atomic E-state index is 0.674. The molecule has 0 spiro atoms. The third-order valence-corrected chi connectivity index (χ3v) is 2.20. The van der Waals surface area contributed by atoms with Crippen LogP contribution in [0.3, 0.4) is 0 Å². The highest BCUT2D eigenvalue weighted by atomic mass is 16.5. The van der Waals surface area contributed by atoms with Gasteiger partial charge in [0, 0.05) is 12.1 Å². The van der Waals surface area contributed by atoms with Gasteiger partial charge in [-0.15, -0.1) is 0 Å². The molecule has 1 aliphatic heterocycles. The summed E-state index contributed by atoms with van der Waals surface area (Å²) in [4.78, 5) is 4.57. The van der Waals surface area contributed by atoms with Crippen LogP contribution in [-0.4, -0.2) is 11.6 Å². The van der Waals surface area contributed by atoms with Crippen LogP contribution in [0.2, 0.25) is 0 Å². The number of ether oxygens (including phenoxy) is 1. The van der Waals surface area contributed by atoms with E-state index in [9.17, 15) is 0 Å². The van der Waals surface area contributed by atoms with Crippen molar-refractivity contribution in [1.82, 2.24) is 4.98 Å². The van der Waals surface area contributed by atoms with E-state index in [4.69, 9.17) is 4.74 Å². The first-order valence-corrected chi connectivity index (χ1v) is 4.87. The maximum absolute atomic E-state index is 5.40. The first-order chi connectivity index (χ1) is 6.25. The fourth-order valence-electron chi connectivity index (χ4n) is 1.63. The second-order valence-corrected chi connectivity index (χ2v) is 3.94. The average molecular weight is 177 g/mol. The van der Waals surface area contributed by atoms with Crippen LogP contribution in [0.4, 0.5) is 0 Å². The molecule has 2 nitrogen and oxygen atoms in total. The third kappa shape index (κ3) is 1.82. The number of rotatable bonds is 2. The van der Waals surface area contributed by atoms with Gasteiger partial charge in [-0.1, -0.05) is 13.8 Å². The first-order valence-electron chi connectivity index (χ1n) is 4.87. The zero-order valence-corrected chi connectivity index (χ0v) is 8.21. The van der Waals surface area contributed by atoms with Crippen molar-refractivity contribution in [2.45, 2.75) is 26.7 Å². The molecule has 1 aromatic heterocycles. The largest absolute Gasteiger partial charge is 0.491 e. The van der Waals surface area contributed by atoms with Crippen molar-refractivity contribution in [2.24, 2.45) is 5.92 Å². The summed E-state index contributed by atoms with van der Waals surface area (Å²) in [5, 5.41) is 0. The smallest absolute Gasteiger partial charge is 0.140 e. The zero-order chi connectivity index (χ0) is 9.26. The van der Waals surface area contributed by atoms with Crippen LogP contribution in [0.15, 0.2) is 12.1 Å². The summed E-state index contributed by atoms with van der Waals surface area (Å²) < 4.78 is 5.40. The van der Waals surface area contributed by atoms with Gasteiger partial charge in [-0.2, -0.15) is 0 Å². The van der Waals surface area contributed by atoms with Crippen molar-refractivity contribution in [3.8, 4) is 5.75 Å². The zero-order valence-electron chi connectivity index (χ0n) is 8.21. The Bertz CT molecular complexity index is 307. The predicted octanol–water partition coefficient (Wildman–Crippen LogP) is 2.21. The van der Waals surface area contributed by atoms with E-state index in [1.165, 1.54) is 5.69 Å². The molecule has 0 fully saturated rings. The minimum absolute atomic E-state index is 0.674. The Balaban J connectivity index is 2.21. The Labute approximate surface area is 78.9 Å². The Morgan fingerprint density at radius 3 is 3.08 bits per heavy atom. The van der Waals surface area contributed by atoms with Crippen molar-refractivity contribution < 1.29 is 4.74 Å². The lowest BCUT2D eigenvalue weighted by Crippen LogP contribution is -1.98. The van der Waals surface area contributed by atoms with Gasteiger partial charge >= 0.3 is 0 Å². The lowest BCUT2D eigenvalue weighted by atomic mass is 10.1. The van der Waals surface area contributed by atoms with Crippen LogP contribution in [0, 0.1) is 5.92 Å². The summed E-state index contributed by atoms with van der Waals surface area (Å²) in [6.07, 6.45) is 2.04. The van der Waals surface area contributed by atoms with Crippen LogP contribution >= 0.6 is 0 Å². The van der Waals surface area contributed by atoms with Crippen LogP contribution in [0.5, 0.6) is 5.75 Å². The molecular formula is C11H15NO. The van der Waals surface area contributed by atoms with Gasteiger partial charge in [0.25, 0.3) is 0 Å². The van der Waals surface area contributed by atoms with Gasteiger partial charge in [-0.25, -0.2) is 0 Å². The molecule has 0 N–H and O–H groups in total. The molecule has 0 radical (unpaired) electrons. The second-order valence-electron chi connectivity index (χ2n) is 3.94. The van der Waals surface area contributed by atoms with Crippen LogP contribution in [0.25, 0.3) is 0 Å². The monoisotopic (exact) mass is 177 g/mol. The molecule has 0 aliphatic carbocycles. The molecule has 0 aromatic carbocycles. The van der Waals surface area contributed by atoms with E-state index >= 15 is 0 Å². The van der Waals surface area contributed by atoms with E-state index in [-0.39, 0.29) is 0 Å². The van der Waals surface area contributed by atoms with E-state index < -0.39 is 0 Å². The molecule has 13 heavy (non-hydrogen) atoms. The maximum atomic E-state index is 5.40. The quantitative estimate of drug-likeness (QED) is 0.691. The molecular weight excluding hydrogens is 162 g/mol. The first kappa shape index (κ1) is 8.54. The highest BCUT2D eigenvalue weighted by molar-refractivity contribution is 5.32. The highest BCUT2D eigenvalue weighted by Crippen LogP contribution is 2.23. The highest BCUT2D eigenvalue weighted by Gasteiger charge is 2.13. The molecule has 2 heteroatoms. The molecule has 70 valence electrons. The van der Waals surface area contributed by atoms with Gasteiger partial charge in [0.05, 0.1) is 12.3 Å². The van der Waals surface area contributed by atoms with Gasteiger partial charge in [0.15, 0.2) is 0 Å².